The van der Waals surface area contributed by atoms with Gasteiger partial charge in [-0.1, -0.05) is 18.2 Å². The fourth-order valence-electron chi connectivity index (χ4n) is 3.04. The van der Waals surface area contributed by atoms with Gasteiger partial charge in [-0.25, -0.2) is 0 Å². The van der Waals surface area contributed by atoms with Gasteiger partial charge >= 0.3 is 0 Å². The molecule has 1 fully saturated rings. The molecule has 0 amide bonds. The highest BCUT2D eigenvalue weighted by molar-refractivity contribution is 5.27. The Morgan fingerprint density at radius 1 is 1.28 bits per heavy atom. The molecule has 25 heavy (non-hydrogen) atoms. The average Bonchev–Trinajstić information content (AvgIpc) is 2.77. The third-order valence-corrected chi connectivity index (χ3v) is 4.43. The van der Waals surface area contributed by atoms with Crippen LogP contribution in [-0.2, 0) is 11.3 Å². The van der Waals surface area contributed by atoms with Gasteiger partial charge in [-0.05, 0) is 43.2 Å². The number of aromatic nitrogens is 1. The van der Waals surface area contributed by atoms with Crippen LogP contribution >= 0.6 is 0 Å². The van der Waals surface area contributed by atoms with Crippen molar-refractivity contribution >= 4 is 0 Å². The van der Waals surface area contributed by atoms with Gasteiger partial charge in [-0.3, -0.25) is 9.88 Å². The first kappa shape index (κ1) is 17.9. The maximum atomic E-state index is 11.0. The summed E-state index contributed by atoms with van der Waals surface area (Å²) >= 11 is 0. The van der Waals surface area contributed by atoms with Crippen LogP contribution in [0.1, 0.15) is 16.8 Å². The zero-order chi connectivity index (χ0) is 17.7. The molecule has 0 bridgehead atoms. The molecule has 1 aliphatic rings. The second-order valence-electron chi connectivity index (χ2n) is 6.86. The molecule has 0 unspecified atom stereocenters. The SMILES string of the molecule is Cc1cccc(OC[C@@]2(O)COCCN(Cc3ncccc3C)C2)c1. The number of aliphatic hydroxyl groups is 1. The minimum atomic E-state index is -1.04. The van der Waals surface area contributed by atoms with Gasteiger partial charge < -0.3 is 14.6 Å². The Bertz CT molecular complexity index is 707. The normalized spacial score (nSPS) is 21.7. The van der Waals surface area contributed by atoms with E-state index in [0.717, 1.165) is 29.1 Å². The van der Waals surface area contributed by atoms with Gasteiger partial charge in [-0.2, -0.15) is 0 Å². The Morgan fingerprint density at radius 2 is 2.16 bits per heavy atom. The van der Waals surface area contributed by atoms with Crippen molar-refractivity contribution in [1.82, 2.24) is 9.88 Å². The Hall–Kier alpha value is -1.95. The zero-order valence-corrected chi connectivity index (χ0v) is 14.9. The molecule has 5 heteroatoms. The third kappa shape index (κ3) is 5.01. The maximum absolute atomic E-state index is 11.0. The molecular formula is C20H26N2O3. The van der Waals surface area contributed by atoms with Crippen LogP contribution in [-0.4, -0.2) is 53.5 Å². The molecule has 0 saturated carbocycles. The number of pyridine rings is 1. The monoisotopic (exact) mass is 342 g/mol. The fourth-order valence-corrected chi connectivity index (χ4v) is 3.04. The van der Waals surface area contributed by atoms with E-state index >= 15 is 0 Å². The van der Waals surface area contributed by atoms with Gasteiger partial charge in [0.05, 0.1) is 18.9 Å². The average molecular weight is 342 g/mol. The summed E-state index contributed by atoms with van der Waals surface area (Å²) in [5.74, 6) is 0.768. The topological polar surface area (TPSA) is 54.8 Å². The molecule has 0 radical (unpaired) electrons. The van der Waals surface area contributed by atoms with Crippen LogP contribution in [0, 0.1) is 13.8 Å². The molecule has 0 aliphatic carbocycles. The first-order valence-electron chi connectivity index (χ1n) is 8.67. The van der Waals surface area contributed by atoms with Gasteiger partial charge in [-0.15, -0.1) is 0 Å². The van der Waals surface area contributed by atoms with Crippen LogP contribution in [0.4, 0.5) is 0 Å². The highest BCUT2D eigenvalue weighted by atomic mass is 16.5. The van der Waals surface area contributed by atoms with Crippen LogP contribution in [0.25, 0.3) is 0 Å². The first-order chi connectivity index (χ1) is 12.0. The van der Waals surface area contributed by atoms with Crippen molar-refractivity contribution in [3.05, 3.63) is 59.4 Å². The predicted molar refractivity (Wildman–Crippen MR) is 96.7 cm³/mol. The number of rotatable bonds is 5. The lowest BCUT2D eigenvalue weighted by Gasteiger charge is -2.30. The molecule has 2 heterocycles. The Kier molecular flexibility index (Phi) is 5.68. The van der Waals surface area contributed by atoms with Crippen molar-refractivity contribution in [2.24, 2.45) is 0 Å². The van der Waals surface area contributed by atoms with E-state index in [1.54, 1.807) is 0 Å². The molecule has 1 saturated heterocycles. The van der Waals surface area contributed by atoms with Crippen molar-refractivity contribution in [3.8, 4) is 5.75 Å². The quantitative estimate of drug-likeness (QED) is 0.904. The highest BCUT2D eigenvalue weighted by Crippen LogP contribution is 2.19. The summed E-state index contributed by atoms with van der Waals surface area (Å²) in [6.45, 7) is 7.11. The van der Waals surface area contributed by atoms with Crippen molar-refractivity contribution < 1.29 is 14.6 Å². The lowest BCUT2D eigenvalue weighted by Crippen LogP contribution is -2.48. The van der Waals surface area contributed by atoms with Crippen LogP contribution in [0.3, 0.4) is 0 Å². The van der Waals surface area contributed by atoms with Crippen LogP contribution in [0.15, 0.2) is 42.6 Å². The van der Waals surface area contributed by atoms with Crippen LogP contribution in [0.2, 0.25) is 0 Å². The molecule has 1 aromatic heterocycles. The lowest BCUT2D eigenvalue weighted by atomic mass is 10.1. The molecule has 1 N–H and O–H groups in total. The van der Waals surface area contributed by atoms with E-state index in [-0.39, 0.29) is 13.2 Å². The number of ether oxygens (including phenoxy) is 2. The molecule has 3 rings (SSSR count). The van der Waals surface area contributed by atoms with E-state index in [9.17, 15) is 5.11 Å². The number of hydrogen-bond donors (Lipinski definition) is 1. The van der Waals surface area contributed by atoms with Crippen LogP contribution < -0.4 is 4.74 Å². The van der Waals surface area contributed by atoms with Crippen molar-refractivity contribution in [2.75, 3.05) is 32.9 Å². The van der Waals surface area contributed by atoms with E-state index in [0.29, 0.717) is 19.7 Å². The van der Waals surface area contributed by atoms with E-state index < -0.39 is 5.60 Å². The zero-order valence-electron chi connectivity index (χ0n) is 14.9. The second-order valence-corrected chi connectivity index (χ2v) is 6.86. The first-order valence-corrected chi connectivity index (χ1v) is 8.67. The van der Waals surface area contributed by atoms with Crippen LogP contribution in [0.5, 0.6) is 5.75 Å². The summed E-state index contributed by atoms with van der Waals surface area (Å²) in [6, 6.07) is 11.8. The molecular weight excluding hydrogens is 316 g/mol. The van der Waals surface area contributed by atoms with Gasteiger partial charge in [0.15, 0.2) is 0 Å². The summed E-state index contributed by atoms with van der Waals surface area (Å²) in [7, 11) is 0. The number of aryl methyl sites for hydroxylation is 2. The standard InChI is InChI=1S/C20H26N2O3/c1-16-5-3-7-18(11-16)25-15-20(23)13-22(9-10-24-14-20)12-19-17(2)6-4-8-21-19/h3-8,11,23H,9-10,12-15H2,1-2H3/t20-/m0/s1. The second kappa shape index (κ2) is 7.95. The summed E-state index contributed by atoms with van der Waals surface area (Å²) in [6.07, 6.45) is 1.81. The summed E-state index contributed by atoms with van der Waals surface area (Å²) in [5.41, 5.74) is 2.29. The van der Waals surface area contributed by atoms with Gasteiger partial charge in [0.25, 0.3) is 0 Å². The molecule has 5 nitrogen and oxygen atoms in total. The fraction of sp³-hybridized carbons (Fsp3) is 0.450. The Labute approximate surface area is 149 Å². The van der Waals surface area contributed by atoms with Crippen molar-refractivity contribution in [1.29, 1.82) is 0 Å². The predicted octanol–water partition coefficient (Wildman–Crippen LogP) is 2.34. The van der Waals surface area contributed by atoms with E-state index in [1.807, 2.05) is 43.5 Å². The highest BCUT2D eigenvalue weighted by Gasteiger charge is 2.33. The Morgan fingerprint density at radius 3 is 2.96 bits per heavy atom. The molecule has 1 aliphatic heterocycles. The van der Waals surface area contributed by atoms with Crippen molar-refractivity contribution in [3.63, 3.8) is 0 Å². The van der Waals surface area contributed by atoms with Gasteiger partial charge in [0.1, 0.15) is 18.0 Å². The molecule has 1 atom stereocenters. The minimum Gasteiger partial charge on any atom is -0.490 e. The van der Waals surface area contributed by atoms with E-state index in [2.05, 4.69) is 22.9 Å². The largest absolute Gasteiger partial charge is 0.490 e. The Balaban J connectivity index is 1.64. The molecule has 0 spiro atoms. The smallest absolute Gasteiger partial charge is 0.134 e. The van der Waals surface area contributed by atoms with E-state index in [1.165, 1.54) is 0 Å². The van der Waals surface area contributed by atoms with E-state index in [4.69, 9.17) is 9.47 Å². The lowest BCUT2D eigenvalue weighted by molar-refractivity contribution is -0.0647. The van der Waals surface area contributed by atoms with Gasteiger partial charge in [0.2, 0.25) is 0 Å². The minimum absolute atomic E-state index is 0.203. The number of hydrogen-bond acceptors (Lipinski definition) is 5. The summed E-state index contributed by atoms with van der Waals surface area (Å²) < 4.78 is 11.5. The number of benzene rings is 1. The third-order valence-electron chi connectivity index (χ3n) is 4.43. The number of nitrogens with zero attached hydrogens (tertiary/aromatic N) is 2. The van der Waals surface area contributed by atoms with Crippen molar-refractivity contribution in [2.45, 2.75) is 26.0 Å². The van der Waals surface area contributed by atoms with Gasteiger partial charge in [0, 0.05) is 25.8 Å². The number of β-amino-alcohol motifs (C(OH)–C–C–N with tert-alkyl or cyclic N) is 1. The molecule has 134 valence electrons. The summed E-state index contributed by atoms with van der Waals surface area (Å²) in [5, 5.41) is 11.0. The maximum Gasteiger partial charge on any atom is 0.134 e. The molecule has 2 aromatic rings. The summed E-state index contributed by atoms with van der Waals surface area (Å²) in [4.78, 5) is 6.64. The molecule has 1 aromatic carbocycles.